The fraction of sp³-hybridized carbons (Fsp3) is 0.333. The van der Waals surface area contributed by atoms with Crippen molar-refractivity contribution in [3.63, 3.8) is 0 Å². The maximum Gasteiger partial charge on any atom is 0.276 e. The van der Waals surface area contributed by atoms with Crippen molar-refractivity contribution < 1.29 is 4.92 Å². The Balaban J connectivity index is 2.23. The fourth-order valence-corrected chi connectivity index (χ4v) is 2.28. The molecule has 0 bridgehead atoms. The van der Waals surface area contributed by atoms with Crippen LogP contribution in [-0.4, -0.2) is 22.9 Å². The molecule has 4 nitrogen and oxygen atoms in total. The van der Waals surface area contributed by atoms with Gasteiger partial charge in [-0.05, 0) is 37.3 Å². The van der Waals surface area contributed by atoms with Crippen molar-refractivity contribution in [3.05, 3.63) is 44.5 Å². The number of nitro benzene ring substituents is 1. The average Bonchev–Trinajstić information content (AvgIpc) is 2.78. The lowest BCUT2D eigenvalue weighted by Gasteiger charge is -2.10. The number of hydrogen-bond donors (Lipinski definition) is 0. The quantitative estimate of drug-likeness (QED) is 0.634. The highest BCUT2D eigenvalue weighted by Crippen LogP contribution is 2.24. The molecule has 0 amide bonds. The zero-order chi connectivity index (χ0) is 12.3. The normalized spacial score (nSPS) is 15.7. The maximum absolute atomic E-state index is 10.9. The molecule has 90 valence electrons. The minimum atomic E-state index is -0.351. The van der Waals surface area contributed by atoms with Crippen LogP contribution in [0.15, 0.2) is 28.9 Å². The summed E-state index contributed by atoms with van der Waals surface area (Å²) in [6, 6.07) is 4.98. The van der Waals surface area contributed by atoms with E-state index in [4.69, 9.17) is 0 Å². The molecule has 1 fully saturated rings. The number of nitro groups is 1. The molecular formula is C12H13BrN2O2. The van der Waals surface area contributed by atoms with Crippen molar-refractivity contribution in [1.82, 2.24) is 4.90 Å². The molecule has 1 aliphatic heterocycles. The predicted molar refractivity (Wildman–Crippen MR) is 70.6 cm³/mol. The van der Waals surface area contributed by atoms with E-state index in [0.29, 0.717) is 5.56 Å². The second kappa shape index (κ2) is 5.31. The van der Waals surface area contributed by atoms with E-state index in [1.165, 1.54) is 18.9 Å². The van der Waals surface area contributed by atoms with Crippen molar-refractivity contribution in [1.29, 1.82) is 0 Å². The molecule has 0 N–H and O–H groups in total. The predicted octanol–water partition coefficient (Wildman–Crippen LogP) is 3.42. The molecule has 0 aliphatic carbocycles. The molecule has 0 unspecified atom stereocenters. The van der Waals surface area contributed by atoms with Crippen LogP contribution in [0, 0.1) is 10.1 Å². The molecule has 1 aromatic carbocycles. The Kier molecular flexibility index (Phi) is 3.78. The molecule has 0 atom stereocenters. The van der Waals surface area contributed by atoms with Gasteiger partial charge in [0.1, 0.15) is 0 Å². The van der Waals surface area contributed by atoms with Crippen molar-refractivity contribution in [3.8, 4) is 0 Å². The Morgan fingerprint density at radius 3 is 2.71 bits per heavy atom. The molecule has 2 rings (SSSR count). The number of hydrogen-bond acceptors (Lipinski definition) is 3. The summed E-state index contributed by atoms with van der Waals surface area (Å²) in [7, 11) is 0. The van der Waals surface area contributed by atoms with E-state index in [-0.39, 0.29) is 10.6 Å². The Morgan fingerprint density at radius 1 is 1.35 bits per heavy atom. The highest BCUT2D eigenvalue weighted by Gasteiger charge is 2.12. The van der Waals surface area contributed by atoms with E-state index < -0.39 is 0 Å². The molecule has 1 saturated heterocycles. The fourth-order valence-electron chi connectivity index (χ4n) is 1.90. The Labute approximate surface area is 108 Å². The second-order valence-electron chi connectivity index (χ2n) is 4.02. The van der Waals surface area contributed by atoms with Crippen molar-refractivity contribution in [2.45, 2.75) is 12.8 Å². The monoisotopic (exact) mass is 296 g/mol. The van der Waals surface area contributed by atoms with Gasteiger partial charge in [0.25, 0.3) is 5.69 Å². The van der Waals surface area contributed by atoms with E-state index in [1.54, 1.807) is 12.1 Å². The van der Waals surface area contributed by atoms with Gasteiger partial charge in [-0.1, -0.05) is 15.9 Å². The number of benzene rings is 1. The average molecular weight is 297 g/mol. The summed E-state index contributed by atoms with van der Waals surface area (Å²) < 4.78 is 0.851. The number of nitrogens with zero attached hydrogens (tertiary/aromatic N) is 2. The first-order chi connectivity index (χ1) is 8.16. The summed E-state index contributed by atoms with van der Waals surface area (Å²) in [6.45, 7) is 2.08. The van der Waals surface area contributed by atoms with Crippen LogP contribution in [0.5, 0.6) is 0 Å². The minimum absolute atomic E-state index is 0.142. The minimum Gasteiger partial charge on any atom is -0.377 e. The van der Waals surface area contributed by atoms with Gasteiger partial charge < -0.3 is 4.90 Å². The van der Waals surface area contributed by atoms with Gasteiger partial charge >= 0.3 is 0 Å². The van der Waals surface area contributed by atoms with Gasteiger partial charge in [0.2, 0.25) is 0 Å². The summed E-state index contributed by atoms with van der Waals surface area (Å²) in [4.78, 5) is 12.7. The summed E-state index contributed by atoms with van der Waals surface area (Å²) in [6.07, 6.45) is 6.16. The lowest BCUT2D eigenvalue weighted by Crippen LogP contribution is -2.10. The van der Waals surface area contributed by atoms with Crippen LogP contribution < -0.4 is 0 Å². The van der Waals surface area contributed by atoms with Crippen molar-refractivity contribution >= 4 is 27.7 Å². The van der Waals surface area contributed by atoms with E-state index >= 15 is 0 Å². The van der Waals surface area contributed by atoms with E-state index in [1.807, 2.05) is 12.3 Å². The van der Waals surface area contributed by atoms with Crippen LogP contribution in [0.3, 0.4) is 0 Å². The molecule has 17 heavy (non-hydrogen) atoms. The van der Waals surface area contributed by atoms with E-state index in [2.05, 4.69) is 20.8 Å². The third kappa shape index (κ3) is 3.06. The summed E-state index contributed by atoms with van der Waals surface area (Å²) in [5.74, 6) is 0. The first kappa shape index (κ1) is 12.1. The van der Waals surface area contributed by atoms with Gasteiger partial charge in [-0.15, -0.1) is 0 Å². The third-order valence-electron chi connectivity index (χ3n) is 2.79. The van der Waals surface area contributed by atoms with Gasteiger partial charge in [-0.2, -0.15) is 0 Å². The van der Waals surface area contributed by atoms with Crippen LogP contribution in [0.4, 0.5) is 5.69 Å². The molecule has 1 aromatic rings. The first-order valence-electron chi connectivity index (χ1n) is 5.53. The molecule has 1 heterocycles. The molecule has 0 radical (unpaired) electrons. The van der Waals surface area contributed by atoms with Crippen LogP contribution >= 0.6 is 15.9 Å². The van der Waals surface area contributed by atoms with Gasteiger partial charge in [-0.3, -0.25) is 10.1 Å². The van der Waals surface area contributed by atoms with Crippen LogP contribution in [0.1, 0.15) is 18.4 Å². The van der Waals surface area contributed by atoms with E-state index in [9.17, 15) is 10.1 Å². The number of halogens is 1. The smallest absolute Gasteiger partial charge is 0.276 e. The van der Waals surface area contributed by atoms with Gasteiger partial charge in [0.05, 0.1) is 10.5 Å². The number of likely N-dealkylation sites (tertiary alicyclic amines) is 1. The van der Waals surface area contributed by atoms with Crippen LogP contribution in [0.25, 0.3) is 6.08 Å². The Hall–Kier alpha value is -1.36. The highest BCUT2D eigenvalue weighted by atomic mass is 79.9. The zero-order valence-electron chi connectivity index (χ0n) is 9.30. The van der Waals surface area contributed by atoms with Gasteiger partial charge in [-0.25, -0.2) is 0 Å². The summed E-state index contributed by atoms with van der Waals surface area (Å²) >= 11 is 3.33. The van der Waals surface area contributed by atoms with Gasteiger partial charge in [0, 0.05) is 23.6 Å². The molecule has 5 heteroatoms. The Morgan fingerprint density at radius 2 is 2.06 bits per heavy atom. The largest absolute Gasteiger partial charge is 0.377 e. The van der Waals surface area contributed by atoms with E-state index in [0.717, 1.165) is 17.6 Å². The van der Waals surface area contributed by atoms with Crippen LogP contribution in [-0.2, 0) is 0 Å². The Bertz CT molecular complexity index is 454. The number of rotatable bonds is 3. The maximum atomic E-state index is 10.9. The molecule has 0 aromatic heterocycles. The lowest BCUT2D eigenvalue weighted by atomic mass is 10.2. The molecule has 0 saturated carbocycles. The summed E-state index contributed by atoms with van der Waals surface area (Å²) in [5, 5.41) is 10.9. The third-order valence-corrected chi connectivity index (χ3v) is 3.29. The lowest BCUT2D eigenvalue weighted by molar-refractivity contribution is -0.385. The second-order valence-corrected chi connectivity index (χ2v) is 4.93. The highest BCUT2D eigenvalue weighted by molar-refractivity contribution is 9.10. The standard InChI is InChI=1S/C12H13BrN2O2/c13-11-3-4-12(15(16)17)10(9-11)5-8-14-6-1-2-7-14/h3-5,8-9H,1-2,6-7H2. The van der Waals surface area contributed by atoms with Crippen molar-refractivity contribution in [2.24, 2.45) is 0 Å². The SMILES string of the molecule is O=[N+]([O-])c1ccc(Br)cc1C=CN1CCCC1. The van der Waals surface area contributed by atoms with Crippen molar-refractivity contribution in [2.75, 3.05) is 13.1 Å². The molecule has 1 aliphatic rings. The zero-order valence-corrected chi connectivity index (χ0v) is 10.9. The molecule has 0 spiro atoms. The molecular weight excluding hydrogens is 284 g/mol. The first-order valence-corrected chi connectivity index (χ1v) is 6.32. The summed E-state index contributed by atoms with van der Waals surface area (Å²) in [5.41, 5.74) is 0.778. The van der Waals surface area contributed by atoms with Crippen LogP contribution in [0.2, 0.25) is 0 Å². The van der Waals surface area contributed by atoms with Gasteiger partial charge in [0.15, 0.2) is 0 Å². The topological polar surface area (TPSA) is 46.4 Å².